The lowest BCUT2D eigenvalue weighted by molar-refractivity contribution is 0.0914. The predicted octanol–water partition coefficient (Wildman–Crippen LogP) is 3.68. The van der Waals surface area contributed by atoms with Gasteiger partial charge in [0.2, 0.25) is 0 Å². The maximum atomic E-state index is 12.7. The average molecular weight is 373 g/mol. The number of aryl methyl sites for hydroxylation is 1. The van der Waals surface area contributed by atoms with Crippen LogP contribution >= 0.6 is 0 Å². The summed E-state index contributed by atoms with van der Waals surface area (Å²) in [7, 11) is 0. The predicted molar refractivity (Wildman–Crippen MR) is 106 cm³/mol. The Hall–Kier alpha value is -2.92. The van der Waals surface area contributed by atoms with E-state index in [2.05, 4.69) is 70.0 Å². The molecule has 2 aromatic carbocycles. The number of aromatic nitrogens is 1. The molecule has 0 bridgehead atoms. The molecular formula is C23H23N3O2. The second-order valence-corrected chi connectivity index (χ2v) is 7.85. The highest BCUT2D eigenvalue weighted by Gasteiger charge is 2.46. The molecule has 142 valence electrons. The summed E-state index contributed by atoms with van der Waals surface area (Å²) in [6, 6.07) is 20.8. The van der Waals surface area contributed by atoms with Crippen LogP contribution in [0.3, 0.4) is 0 Å². The summed E-state index contributed by atoms with van der Waals surface area (Å²) in [4.78, 5) is 15.2. The third-order valence-corrected chi connectivity index (χ3v) is 6.00. The fraction of sp³-hybridized carbons (Fsp3) is 0.304. The molecule has 0 radical (unpaired) electrons. The highest BCUT2D eigenvalue weighted by Crippen LogP contribution is 2.49. The molecule has 2 aliphatic rings. The minimum absolute atomic E-state index is 0.00600. The van der Waals surface area contributed by atoms with Gasteiger partial charge in [0.05, 0.1) is 6.04 Å². The molecule has 1 amide bonds. The first-order valence-electron chi connectivity index (χ1n) is 9.78. The fourth-order valence-corrected chi connectivity index (χ4v) is 4.79. The molecule has 1 aromatic heterocycles. The zero-order chi connectivity index (χ0) is 19.1. The van der Waals surface area contributed by atoms with Gasteiger partial charge in [-0.3, -0.25) is 9.69 Å². The van der Waals surface area contributed by atoms with Crippen molar-refractivity contribution in [2.45, 2.75) is 25.4 Å². The van der Waals surface area contributed by atoms with Gasteiger partial charge in [-0.2, -0.15) is 0 Å². The van der Waals surface area contributed by atoms with Gasteiger partial charge >= 0.3 is 0 Å². The second kappa shape index (κ2) is 6.91. The van der Waals surface area contributed by atoms with E-state index in [0.29, 0.717) is 23.3 Å². The number of rotatable bonds is 4. The molecule has 5 heteroatoms. The van der Waals surface area contributed by atoms with E-state index in [1.165, 1.54) is 16.7 Å². The van der Waals surface area contributed by atoms with Crippen molar-refractivity contribution in [2.75, 3.05) is 13.1 Å². The first kappa shape index (κ1) is 17.2. The molecule has 1 saturated heterocycles. The first-order valence-corrected chi connectivity index (χ1v) is 9.78. The molecule has 3 atom stereocenters. The lowest BCUT2D eigenvalue weighted by atomic mass is 9.94. The van der Waals surface area contributed by atoms with Crippen LogP contribution in [0.25, 0.3) is 0 Å². The van der Waals surface area contributed by atoms with Gasteiger partial charge in [-0.15, -0.1) is 0 Å². The fourth-order valence-electron chi connectivity index (χ4n) is 4.79. The number of likely N-dealkylation sites (tertiary alicyclic amines) is 1. The molecule has 0 spiro atoms. The number of carbonyl (C=O) groups is 1. The molecule has 5 nitrogen and oxygen atoms in total. The topological polar surface area (TPSA) is 58.4 Å². The highest BCUT2D eigenvalue weighted by atomic mass is 16.5. The second-order valence-electron chi connectivity index (χ2n) is 7.85. The Kier molecular flexibility index (Phi) is 4.24. The van der Waals surface area contributed by atoms with E-state index in [0.717, 1.165) is 19.6 Å². The van der Waals surface area contributed by atoms with Gasteiger partial charge in [0.1, 0.15) is 5.76 Å². The van der Waals surface area contributed by atoms with Crippen LogP contribution in [-0.2, 0) is 6.54 Å². The van der Waals surface area contributed by atoms with Gasteiger partial charge in [0.25, 0.3) is 5.91 Å². The van der Waals surface area contributed by atoms with Gasteiger partial charge < -0.3 is 9.84 Å². The maximum absolute atomic E-state index is 12.7. The summed E-state index contributed by atoms with van der Waals surface area (Å²) in [6.45, 7) is 4.73. The average Bonchev–Trinajstić information content (AvgIpc) is 3.39. The Morgan fingerprint density at radius 2 is 1.86 bits per heavy atom. The van der Waals surface area contributed by atoms with Crippen LogP contribution in [0, 0.1) is 12.8 Å². The molecule has 2 heterocycles. The van der Waals surface area contributed by atoms with E-state index in [9.17, 15) is 4.79 Å². The lowest BCUT2D eigenvalue weighted by Gasteiger charge is -2.22. The number of hydrogen-bond donors (Lipinski definition) is 1. The SMILES string of the molecule is Cc1cc(C(=O)N[C@@H]2c3ccccc3[C@@H]3CN(Cc4ccccc4)C[C@H]23)no1. The maximum Gasteiger partial charge on any atom is 0.273 e. The van der Waals surface area contributed by atoms with Crippen LogP contribution in [0.4, 0.5) is 0 Å². The Labute approximate surface area is 164 Å². The van der Waals surface area contributed by atoms with Crippen LogP contribution in [0.5, 0.6) is 0 Å². The van der Waals surface area contributed by atoms with Crippen molar-refractivity contribution >= 4 is 5.91 Å². The first-order chi connectivity index (χ1) is 13.7. The Balaban J connectivity index is 1.39. The third kappa shape index (κ3) is 3.02. The monoisotopic (exact) mass is 373 g/mol. The van der Waals surface area contributed by atoms with Gasteiger partial charge in [-0.05, 0) is 23.6 Å². The quantitative estimate of drug-likeness (QED) is 0.758. The van der Waals surface area contributed by atoms with Crippen LogP contribution < -0.4 is 5.32 Å². The number of amides is 1. The van der Waals surface area contributed by atoms with Crippen molar-refractivity contribution in [1.82, 2.24) is 15.4 Å². The smallest absolute Gasteiger partial charge is 0.273 e. The van der Waals surface area contributed by atoms with Gasteiger partial charge in [-0.25, -0.2) is 0 Å². The number of hydrogen-bond acceptors (Lipinski definition) is 4. The van der Waals surface area contributed by atoms with Gasteiger partial charge in [0.15, 0.2) is 5.69 Å². The zero-order valence-corrected chi connectivity index (χ0v) is 15.8. The number of nitrogens with zero attached hydrogens (tertiary/aromatic N) is 2. The summed E-state index contributed by atoms with van der Waals surface area (Å²) in [5.41, 5.74) is 4.28. The summed E-state index contributed by atoms with van der Waals surface area (Å²) in [5, 5.41) is 7.11. The minimum atomic E-state index is -0.168. The third-order valence-electron chi connectivity index (χ3n) is 6.00. The van der Waals surface area contributed by atoms with E-state index in [1.54, 1.807) is 13.0 Å². The zero-order valence-electron chi connectivity index (χ0n) is 15.8. The molecule has 3 aromatic rings. The molecule has 1 aliphatic carbocycles. The normalized spacial score (nSPS) is 23.4. The van der Waals surface area contributed by atoms with E-state index in [4.69, 9.17) is 4.52 Å². The van der Waals surface area contributed by atoms with Crippen LogP contribution in [0.15, 0.2) is 65.2 Å². The molecule has 5 rings (SSSR count). The molecule has 28 heavy (non-hydrogen) atoms. The summed E-state index contributed by atoms with van der Waals surface area (Å²) >= 11 is 0. The molecule has 0 saturated carbocycles. The Morgan fingerprint density at radius 3 is 2.61 bits per heavy atom. The summed E-state index contributed by atoms with van der Waals surface area (Å²) < 4.78 is 5.07. The van der Waals surface area contributed by atoms with Crippen LogP contribution in [0.1, 0.15) is 44.9 Å². The summed E-state index contributed by atoms with van der Waals surface area (Å²) in [6.07, 6.45) is 0. The van der Waals surface area contributed by atoms with Crippen molar-refractivity contribution in [1.29, 1.82) is 0 Å². The number of nitrogens with one attached hydrogen (secondary N) is 1. The van der Waals surface area contributed by atoms with Gasteiger partial charge in [0, 0.05) is 37.5 Å². The number of benzene rings is 2. The molecule has 0 unspecified atom stereocenters. The van der Waals surface area contributed by atoms with Crippen LogP contribution in [-0.4, -0.2) is 29.1 Å². The van der Waals surface area contributed by atoms with Crippen molar-refractivity contribution < 1.29 is 9.32 Å². The molecular weight excluding hydrogens is 350 g/mol. The lowest BCUT2D eigenvalue weighted by Crippen LogP contribution is -2.33. The van der Waals surface area contributed by atoms with E-state index in [-0.39, 0.29) is 11.9 Å². The molecule has 1 fully saturated rings. The minimum Gasteiger partial charge on any atom is -0.361 e. The molecule has 1 aliphatic heterocycles. The standard InChI is InChI=1S/C23H23N3O2/c1-15-11-21(25-28-15)23(27)24-22-18-10-6-5-9-17(18)19-13-26(14-20(19)22)12-16-7-3-2-4-8-16/h2-11,19-20,22H,12-14H2,1H3,(H,24,27)/t19-,20-,22+/m0/s1. The van der Waals surface area contributed by atoms with Crippen LogP contribution in [0.2, 0.25) is 0 Å². The van der Waals surface area contributed by atoms with Gasteiger partial charge in [-0.1, -0.05) is 59.8 Å². The van der Waals surface area contributed by atoms with Crippen molar-refractivity contribution in [2.24, 2.45) is 5.92 Å². The largest absolute Gasteiger partial charge is 0.361 e. The Morgan fingerprint density at radius 1 is 1.11 bits per heavy atom. The number of fused-ring (bicyclic) bond motifs is 3. The van der Waals surface area contributed by atoms with E-state index >= 15 is 0 Å². The number of carbonyl (C=O) groups excluding carboxylic acids is 1. The molecule has 1 N–H and O–H groups in total. The Bertz CT molecular complexity index is 998. The van der Waals surface area contributed by atoms with Crippen molar-refractivity contribution in [3.8, 4) is 0 Å². The van der Waals surface area contributed by atoms with E-state index < -0.39 is 0 Å². The van der Waals surface area contributed by atoms with E-state index in [1.807, 2.05) is 0 Å². The van der Waals surface area contributed by atoms with Crippen molar-refractivity contribution in [3.63, 3.8) is 0 Å². The van der Waals surface area contributed by atoms with Crippen molar-refractivity contribution in [3.05, 3.63) is 88.8 Å². The summed E-state index contributed by atoms with van der Waals surface area (Å²) in [5.74, 6) is 1.30. The highest BCUT2D eigenvalue weighted by molar-refractivity contribution is 5.92.